The molecule has 0 aromatic heterocycles. The normalized spacial score (nSPS) is 13.7. The highest BCUT2D eigenvalue weighted by atomic mass is 28.4. The molecular formula is C18H22O3Si. The molecule has 0 heterocycles. The fourth-order valence-electron chi connectivity index (χ4n) is 3.13. The number of rotatable bonds is 7. The van der Waals surface area contributed by atoms with E-state index in [9.17, 15) is 0 Å². The first-order valence-corrected chi connectivity index (χ1v) is 9.64. The molecule has 0 saturated carbocycles. The van der Waals surface area contributed by atoms with Crippen molar-refractivity contribution in [2.45, 2.75) is 20.8 Å². The first-order valence-electron chi connectivity index (χ1n) is 7.92. The summed E-state index contributed by atoms with van der Waals surface area (Å²) in [6.45, 7) is 7.71. The van der Waals surface area contributed by atoms with Gasteiger partial charge in [0, 0.05) is 25.0 Å². The molecule has 0 N–H and O–H groups in total. The smallest absolute Gasteiger partial charge is 0.370 e. The quantitative estimate of drug-likeness (QED) is 0.714. The van der Waals surface area contributed by atoms with Crippen LogP contribution in [0.15, 0.2) is 36.4 Å². The van der Waals surface area contributed by atoms with Gasteiger partial charge < -0.3 is 13.3 Å². The molecule has 0 aliphatic heterocycles. The molecule has 0 radical (unpaired) electrons. The van der Waals surface area contributed by atoms with E-state index in [-0.39, 0.29) is 0 Å². The van der Waals surface area contributed by atoms with Gasteiger partial charge in [-0.15, -0.1) is 0 Å². The predicted octanol–water partition coefficient (Wildman–Crippen LogP) is 4.28. The molecular weight excluding hydrogens is 292 g/mol. The molecule has 0 atom stereocenters. The molecule has 1 aliphatic carbocycles. The Balaban J connectivity index is 2.16. The van der Waals surface area contributed by atoms with Crippen LogP contribution in [-0.2, 0) is 13.3 Å². The Kier molecular flexibility index (Phi) is 4.45. The molecule has 3 nitrogen and oxygen atoms in total. The molecule has 0 bridgehead atoms. The van der Waals surface area contributed by atoms with Crippen LogP contribution >= 0.6 is 0 Å². The van der Waals surface area contributed by atoms with Gasteiger partial charge in [0.15, 0.2) is 0 Å². The SMILES string of the molecule is CCO[Si](OCC)(OCC)C1=Cc2cccc3cccc1c23. The van der Waals surface area contributed by atoms with Crippen molar-refractivity contribution in [1.82, 2.24) is 0 Å². The summed E-state index contributed by atoms with van der Waals surface area (Å²) in [7, 11) is -2.87. The zero-order valence-corrected chi connectivity index (χ0v) is 14.4. The van der Waals surface area contributed by atoms with Gasteiger partial charge >= 0.3 is 8.80 Å². The molecule has 0 spiro atoms. The average Bonchev–Trinajstić information content (AvgIpc) is 2.90. The zero-order valence-electron chi connectivity index (χ0n) is 13.4. The van der Waals surface area contributed by atoms with E-state index in [1.54, 1.807) is 0 Å². The van der Waals surface area contributed by atoms with Gasteiger partial charge in [-0.05, 0) is 48.7 Å². The lowest BCUT2D eigenvalue weighted by atomic mass is 10.0. The molecule has 2 aromatic carbocycles. The van der Waals surface area contributed by atoms with Crippen molar-refractivity contribution in [2.75, 3.05) is 19.8 Å². The van der Waals surface area contributed by atoms with Gasteiger partial charge in [-0.25, -0.2) is 0 Å². The van der Waals surface area contributed by atoms with Crippen LogP contribution in [0.2, 0.25) is 0 Å². The second-order valence-corrected chi connectivity index (χ2v) is 7.68. The van der Waals surface area contributed by atoms with Gasteiger partial charge in [0.25, 0.3) is 0 Å². The van der Waals surface area contributed by atoms with Crippen molar-refractivity contribution in [3.63, 3.8) is 0 Å². The first-order chi connectivity index (χ1) is 10.8. The average molecular weight is 314 g/mol. The monoisotopic (exact) mass is 314 g/mol. The Hall–Kier alpha value is -1.46. The van der Waals surface area contributed by atoms with Gasteiger partial charge in [0.2, 0.25) is 0 Å². The molecule has 0 fully saturated rings. The second-order valence-electron chi connectivity index (χ2n) is 5.16. The summed E-state index contributed by atoms with van der Waals surface area (Å²) >= 11 is 0. The van der Waals surface area contributed by atoms with Gasteiger partial charge in [-0.2, -0.15) is 0 Å². The molecule has 22 heavy (non-hydrogen) atoms. The summed E-state index contributed by atoms with van der Waals surface area (Å²) in [4.78, 5) is 0. The van der Waals surface area contributed by atoms with Crippen LogP contribution in [-0.4, -0.2) is 28.6 Å². The van der Waals surface area contributed by atoms with Crippen molar-refractivity contribution < 1.29 is 13.3 Å². The molecule has 116 valence electrons. The lowest BCUT2D eigenvalue weighted by Crippen LogP contribution is -2.47. The Labute approximate surface area is 132 Å². The van der Waals surface area contributed by atoms with E-state index in [1.807, 2.05) is 20.8 Å². The first kappa shape index (κ1) is 15.4. The van der Waals surface area contributed by atoms with E-state index >= 15 is 0 Å². The van der Waals surface area contributed by atoms with Gasteiger partial charge in [-0.3, -0.25) is 0 Å². The predicted molar refractivity (Wildman–Crippen MR) is 92.5 cm³/mol. The van der Waals surface area contributed by atoms with E-state index < -0.39 is 8.80 Å². The lowest BCUT2D eigenvalue weighted by Gasteiger charge is -2.30. The van der Waals surface area contributed by atoms with Crippen LogP contribution in [0, 0.1) is 0 Å². The molecule has 0 amide bonds. The fourth-order valence-corrected chi connectivity index (χ4v) is 5.86. The minimum absolute atomic E-state index is 0.579. The Bertz CT molecular complexity index is 686. The summed E-state index contributed by atoms with van der Waals surface area (Å²) < 4.78 is 18.2. The minimum atomic E-state index is -2.87. The van der Waals surface area contributed by atoms with Crippen LogP contribution in [0.3, 0.4) is 0 Å². The molecule has 4 heteroatoms. The Morgan fingerprint density at radius 3 is 2.00 bits per heavy atom. The highest BCUT2D eigenvalue weighted by Gasteiger charge is 2.47. The largest absolute Gasteiger partial charge is 0.537 e. The highest BCUT2D eigenvalue weighted by Crippen LogP contribution is 2.42. The van der Waals surface area contributed by atoms with Crippen molar-refractivity contribution in [3.05, 3.63) is 47.5 Å². The van der Waals surface area contributed by atoms with Gasteiger partial charge in [0.05, 0.1) is 0 Å². The van der Waals surface area contributed by atoms with Crippen molar-refractivity contribution >= 4 is 30.8 Å². The van der Waals surface area contributed by atoms with Crippen LogP contribution in [0.5, 0.6) is 0 Å². The summed E-state index contributed by atoms with van der Waals surface area (Å²) in [6, 6.07) is 12.7. The van der Waals surface area contributed by atoms with Crippen LogP contribution in [0.25, 0.3) is 22.0 Å². The minimum Gasteiger partial charge on any atom is -0.370 e. The summed E-state index contributed by atoms with van der Waals surface area (Å²) in [6.07, 6.45) is 2.19. The van der Waals surface area contributed by atoms with E-state index in [1.165, 1.54) is 21.9 Å². The highest BCUT2D eigenvalue weighted by molar-refractivity contribution is 6.83. The zero-order chi connectivity index (χ0) is 15.6. The van der Waals surface area contributed by atoms with Crippen LogP contribution in [0.4, 0.5) is 0 Å². The van der Waals surface area contributed by atoms with E-state index in [0.717, 1.165) is 5.20 Å². The van der Waals surface area contributed by atoms with Crippen LogP contribution < -0.4 is 0 Å². The maximum Gasteiger partial charge on any atom is 0.537 e. The van der Waals surface area contributed by atoms with E-state index in [4.69, 9.17) is 13.3 Å². The third-order valence-electron chi connectivity index (χ3n) is 3.86. The molecule has 0 saturated heterocycles. The molecule has 3 rings (SSSR count). The summed E-state index contributed by atoms with van der Waals surface area (Å²) in [5.74, 6) is 0. The number of hydrogen-bond acceptors (Lipinski definition) is 3. The molecule has 1 aliphatic rings. The van der Waals surface area contributed by atoms with Crippen molar-refractivity contribution in [2.24, 2.45) is 0 Å². The topological polar surface area (TPSA) is 27.7 Å². The summed E-state index contributed by atoms with van der Waals surface area (Å²) in [5, 5.41) is 3.61. The van der Waals surface area contributed by atoms with E-state index in [2.05, 4.69) is 42.5 Å². The number of hydrogen-bond donors (Lipinski definition) is 0. The Morgan fingerprint density at radius 2 is 1.41 bits per heavy atom. The van der Waals surface area contributed by atoms with Crippen molar-refractivity contribution in [3.8, 4) is 0 Å². The molecule has 0 unspecified atom stereocenters. The lowest BCUT2D eigenvalue weighted by molar-refractivity contribution is 0.0874. The van der Waals surface area contributed by atoms with Gasteiger partial charge in [0.1, 0.15) is 0 Å². The number of benzene rings is 2. The second kappa shape index (κ2) is 6.34. The standard InChI is InChI=1S/C18H22O3Si/c1-4-19-22(20-5-2,21-6-3)17-13-15-11-7-9-14-10-8-12-16(17)18(14)15/h7-13H,4-6H2,1-3H3. The summed E-state index contributed by atoms with van der Waals surface area (Å²) in [5.41, 5.74) is 2.41. The third kappa shape index (κ3) is 2.42. The maximum absolute atomic E-state index is 6.08. The third-order valence-corrected chi connectivity index (χ3v) is 6.94. The molecule has 2 aromatic rings. The fraction of sp³-hybridized carbons (Fsp3) is 0.333. The maximum atomic E-state index is 6.08. The van der Waals surface area contributed by atoms with Crippen LogP contribution in [0.1, 0.15) is 31.9 Å². The Morgan fingerprint density at radius 1 is 0.818 bits per heavy atom. The van der Waals surface area contributed by atoms with Crippen molar-refractivity contribution in [1.29, 1.82) is 0 Å². The van der Waals surface area contributed by atoms with Gasteiger partial charge in [-0.1, -0.05) is 36.4 Å². The van der Waals surface area contributed by atoms with E-state index in [0.29, 0.717) is 19.8 Å².